The molecule has 10 heteroatoms. The fourth-order valence-corrected chi connectivity index (χ4v) is 5.63. The minimum Gasteiger partial charge on any atom is -0.352 e. The van der Waals surface area contributed by atoms with Crippen LogP contribution in [0.5, 0.6) is 0 Å². The fourth-order valence-electron chi connectivity index (χ4n) is 3.70. The van der Waals surface area contributed by atoms with Crippen molar-refractivity contribution in [2.24, 2.45) is 0 Å². The van der Waals surface area contributed by atoms with Gasteiger partial charge in [0.25, 0.3) is 10.0 Å². The van der Waals surface area contributed by atoms with Gasteiger partial charge in [0.05, 0.1) is 10.6 Å². The van der Waals surface area contributed by atoms with E-state index in [1.807, 2.05) is 44.2 Å². The minimum atomic E-state index is -4.19. The third-order valence-electron chi connectivity index (χ3n) is 5.54. The first-order chi connectivity index (χ1) is 17.5. The molecule has 0 unspecified atom stereocenters. The van der Waals surface area contributed by atoms with Crippen molar-refractivity contribution in [2.45, 2.75) is 44.3 Å². The Morgan fingerprint density at radius 1 is 0.865 bits per heavy atom. The number of carbonyl (C=O) groups is 2. The normalized spacial score (nSPS) is 12.2. The number of carbonyl (C=O) groups excluding carboxylic acids is 2. The molecule has 196 valence electrons. The molecule has 0 fully saturated rings. The number of anilines is 1. The summed E-state index contributed by atoms with van der Waals surface area (Å²) >= 11 is 12.4. The van der Waals surface area contributed by atoms with Gasteiger partial charge in [-0.3, -0.25) is 13.9 Å². The summed E-state index contributed by atoms with van der Waals surface area (Å²) in [6.45, 7) is 4.81. The molecular weight excluding hydrogens is 533 g/mol. The summed E-state index contributed by atoms with van der Waals surface area (Å²) in [5.41, 5.74) is 0.928. The number of hydrogen-bond donors (Lipinski definition) is 1. The molecule has 0 heterocycles. The summed E-state index contributed by atoms with van der Waals surface area (Å²) in [6, 6.07) is 20.3. The molecule has 0 saturated heterocycles. The maximum absolute atomic E-state index is 13.8. The van der Waals surface area contributed by atoms with Gasteiger partial charge in [-0.05, 0) is 56.7 Å². The van der Waals surface area contributed by atoms with E-state index in [2.05, 4.69) is 5.32 Å². The van der Waals surface area contributed by atoms with Crippen LogP contribution in [0.2, 0.25) is 10.0 Å². The van der Waals surface area contributed by atoms with Crippen LogP contribution in [0.4, 0.5) is 5.69 Å². The number of hydrogen-bond acceptors (Lipinski definition) is 4. The highest BCUT2D eigenvalue weighted by Crippen LogP contribution is 2.30. The molecule has 0 saturated carbocycles. The van der Waals surface area contributed by atoms with Crippen LogP contribution in [-0.4, -0.2) is 43.8 Å². The van der Waals surface area contributed by atoms with Gasteiger partial charge in [0.2, 0.25) is 11.8 Å². The van der Waals surface area contributed by atoms with E-state index in [0.29, 0.717) is 0 Å². The molecule has 3 aromatic carbocycles. The number of nitrogens with one attached hydrogen (secondary N) is 1. The van der Waals surface area contributed by atoms with E-state index in [1.165, 1.54) is 35.2 Å². The minimum absolute atomic E-state index is 0.000827. The molecule has 0 aromatic heterocycles. The average Bonchev–Trinajstić information content (AvgIpc) is 2.85. The first-order valence-electron chi connectivity index (χ1n) is 11.7. The molecule has 0 aliphatic carbocycles. The van der Waals surface area contributed by atoms with E-state index in [9.17, 15) is 18.0 Å². The largest absolute Gasteiger partial charge is 0.352 e. The fraction of sp³-hybridized carbons (Fsp3) is 0.259. The molecule has 7 nitrogen and oxygen atoms in total. The molecule has 3 rings (SSSR count). The summed E-state index contributed by atoms with van der Waals surface area (Å²) in [4.78, 5) is 28.0. The number of amides is 2. The van der Waals surface area contributed by atoms with E-state index in [1.54, 1.807) is 25.1 Å². The van der Waals surface area contributed by atoms with Crippen LogP contribution in [0.3, 0.4) is 0 Å². The Morgan fingerprint density at radius 2 is 1.41 bits per heavy atom. The molecule has 1 atom stereocenters. The summed E-state index contributed by atoms with van der Waals surface area (Å²) in [6.07, 6.45) is 0. The lowest BCUT2D eigenvalue weighted by atomic mass is 10.1. The quantitative estimate of drug-likeness (QED) is 0.371. The third-order valence-corrected chi connectivity index (χ3v) is 7.76. The second-order valence-electron chi connectivity index (χ2n) is 8.80. The molecule has 37 heavy (non-hydrogen) atoms. The van der Waals surface area contributed by atoms with Crippen molar-refractivity contribution in [2.75, 3.05) is 10.8 Å². The number of halogens is 2. The predicted molar refractivity (Wildman–Crippen MR) is 147 cm³/mol. The highest BCUT2D eigenvalue weighted by atomic mass is 35.5. The van der Waals surface area contributed by atoms with Gasteiger partial charge < -0.3 is 10.2 Å². The van der Waals surface area contributed by atoms with E-state index in [-0.39, 0.29) is 39.1 Å². The number of nitrogens with zero attached hydrogens (tertiary/aromatic N) is 2. The van der Waals surface area contributed by atoms with Crippen LogP contribution in [0.15, 0.2) is 83.8 Å². The second-order valence-corrected chi connectivity index (χ2v) is 11.5. The predicted octanol–water partition coefficient (Wildman–Crippen LogP) is 5.13. The SMILES string of the molecule is CC(C)NC(=O)[C@H](C)N(Cc1ccccc1)C(=O)CN(c1cc(Cl)cc(Cl)c1)S(=O)(=O)c1ccccc1. The van der Waals surface area contributed by atoms with Gasteiger partial charge in [-0.15, -0.1) is 0 Å². The van der Waals surface area contributed by atoms with Gasteiger partial charge >= 0.3 is 0 Å². The highest BCUT2D eigenvalue weighted by Gasteiger charge is 2.32. The summed E-state index contributed by atoms with van der Waals surface area (Å²) in [5.74, 6) is -0.909. The molecular formula is C27H29Cl2N3O4S. The Balaban J connectivity index is 2.04. The van der Waals surface area contributed by atoms with Crippen molar-refractivity contribution in [3.63, 3.8) is 0 Å². The zero-order valence-electron chi connectivity index (χ0n) is 20.8. The van der Waals surface area contributed by atoms with Crippen LogP contribution in [0.25, 0.3) is 0 Å². The van der Waals surface area contributed by atoms with Crippen molar-refractivity contribution in [1.82, 2.24) is 10.2 Å². The summed E-state index contributed by atoms with van der Waals surface area (Å²) in [7, 11) is -4.19. The lowest BCUT2D eigenvalue weighted by Crippen LogP contribution is -2.52. The van der Waals surface area contributed by atoms with E-state index < -0.39 is 28.5 Å². The van der Waals surface area contributed by atoms with Crippen molar-refractivity contribution in [1.29, 1.82) is 0 Å². The Bertz CT molecular complexity index is 1320. The third kappa shape index (κ3) is 7.47. The number of benzene rings is 3. The zero-order chi connectivity index (χ0) is 27.2. The zero-order valence-corrected chi connectivity index (χ0v) is 23.1. The Kier molecular flexibility index (Phi) is 9.59. The smallest absolute Gasteiger partial charge is 0.264 e. The van der Waals surface area contributed by atoms with Crippen LogP contribution >= 0.6 is 23.2 Å². The Morgan fingerprint density at radius 3 is 1.95 bits per heavy atom. The molecule has 2 amide bonds. The summed E-state index contributed by atoms with van der Waals surface area (Å²) < 4.78 is 28.4. The molecule has 0 bridgehead atoms. The topological polar surface area (TPSA) is 86.8 Å². The van der Waals surface area contributed by atoms with Crippen molar-refractivity contribution in [3.05, 3.63) is 94.5 Å². The number of sulfonamides is 1. The molecule has 0 radical (unpaired) electrons. The van der Waals surface area contributed by atoms with Crippen molar-refractivity contribution < 1.29 is 18.0 Å². The van der Waals surface area contributed by atoms with Gasteiger partial charge in [-0.2, -0.15) is 0 Å². The van der Waals surface area contributed by atoms with Gasteiger partial charge in [0.1, 0.15) is 12.6 Å². The molecule has 0 spiro atoms. The van der Waals surface area contributed by atoms with Crippen LogP contribution < -0.4 is 9.62 Å². The van der Waals surface area contributed by atoms with Gasteiger partial charge in [-0.25, -0.2) is 8.42 Å². The monoisotopic (exact) mass is 561 g/mol. The van der Waals surface area contributed by atoms with Crippen LogP contribution in [0, 0.1) is 0 Å². The number of rotatable bonds is 10. The highest BCUT2D eigenvalue weighted by molar-refractivity contribution is 7.92. The maximum atomic E-state index is 13.8. The molecule has 0 aliphatic rings. The van der Waals surface area contributed by atoms with Gasteiger partial charge in [-0.1, -0.05) is 71.7 Å². The molecule has 3 aromatic rings. The van der Waals surface area contributed by atoms with E-state index >= 15 is 0 Å². The van der Waals surface area contributed by atoms with Crippen LogP contribution in [0.1, 0.15) is 26.3 Å². The van der Waals surface area contributed by atoms with Crippen molar-refractivity contribution >= 4 is 50.7 Å². The lowest BCUT2D eigenvalue weighted by molar-refractivity contribution is -0.139. The average molecular weight is 563 g/mol. The molecule has 1 N–H and O–H groups in total. The standard InChI is InChI=1S/C27H29Cl2N3O4S/c1-19(2)30-27(34)20(3)31(17-21-10-6-4-7-11-21)26(33)18-32(24-15-22(28)14-23(29)16-24)37(35,36)25-12-8-5-9-13-25/h4-16,19-20H,17-18H2,1-3H3,(H,30,34)/t20-/m0/s1. The maximum Gasteiger partial charge on any atom is 0.264 e. The van der Waals surface area contributed by atoms with Crippen molar-refractivity contribution in [3.8, 4) is 0 Å². The van der Waals surface area contributed by atoms with E-state index in [4.69, 9.17) is 23.2 Å². The van der Waals surface area contributed by atoms with Gasteiger partial charge in [0.15, 0.2) is 0 Å². The van der Waals surface area contributed by atoms with Gasteiger partial charge in [0, 0.05) is 22.6 Å². The second kappa shape index (κ2) is 12.4. The lowest BCUT2D eigenvalue weighted by Gasteiger charge is -2.32. The van der Waals surface area contributed by atoms with E-state index in [0.717, 1.165) is 9.87 Å². The first-order valence-corrected chi connectivity index (χ1v) is 13.9. The Hall–Kier alpha value is -3.07. The van der Waals surface area contributed by atoms with Crippen LogP contribution in [-0.2, 0) is 26.2 Å². The summed E-state index contributed by atoms with van der Waals surface area (Å²) in [5, 5.41) is 3.25. The Labute approximate surface area is 228 Å². The first kappa shape index (κ1) is 28.5. The molecule has 0 aliphatic heterocycles.